The lowest BCUT2D eigenvalue weighted by Gasteiger charge is -2.48. The number of ether oxygens (including phenoxy) is 6. The quantitative estimate of drug-likeness (QED) is 0.248. The highest BCUT2D eigenvalue weighted by atomic mass is 16.7. The van der Waals surface area contributed by atoms with Gasteiger partial charge in [0.05, 0.1) is 59.8 Å². The Bertz CT molecular complexity index is 1160. The van der Waals surface area contributed by atoms with Crippen LogP contribution in [0.15, 0.2) is 0 Å². The Hall–Kier alpha value is -0.970. The van der Waals surface area contributed by atoms with E-state index in [2.05, 4.69) is 12.2 Å². The summed E-state index contributed by atoms with van der Waals surface area (Å²) in [5.74, 6) is -2.25. The predicted octanol–water partition coefficient (Wildman–Crippen LogP) is 2.59. The number of likely N-dealkylation sites (N-methyl/N-ethyl adjacent to an activating group) is 1. The molecule has 0 spiro atoms. The van der Waals surface area contributed by atoms with Gasteiger partial charge in [0.25, 0.3) is 0 Å². The topological polar surface area (TPSA) is 169 Å². The van der Waals surface area contributed by atoms with E-state index in [-0.39, 0.29) is 30.4 Å². The number of carbonyl (C=O) groups is 1. The van der Waals surface area contributed by atoms with Crippen molar-refractivity contribution in [1.82, 2.24) is 10.2 Å². The van der Waals surface area contributed by atoms with Crippen LogP contribution in [0.25, 0.3) is 0 Å². The van der Waals surface area contributed by atoms with Gasteiger partial charge < -0.3 is 59.1 Å². The molecular formula is C38H70N2O11. The minimum atomic E-state index is -1.67. The van der Waals surface area contributed by atoms with Crippen molar-refractivity contribution in [1.29, 1.82) is 0 Å². The molecule has 4 aliphatic heterocycles. The molecule has 6 unspecified atom stereocenters. The second-order valence-electron chi connectivity index (χ2n) is 17.3. The van der Waals surface area contributed by atoms with Crippen LogP contribution in [0.1, 0.15) is 101 Å². The SMILES string of the molecule is CCCC1NC(=O)[C@H](C)[C@@H](OC2C[C@@](C)(OC)C(O)[C@H](C)O2)[C@H](C)[C@@H](OC2O[C@H](C)C[C@H](N(C)C)[C@H]2O)[C@@]2(C)CC(C)C(O2)[C@H](C)[C@@H](O)[C@]1(C)O. The Kier molecular flexibility index (Phi) is 13.8. The van der Waals surface area contributed by atoms with Gasteiger partial charge in [-0.1, -0.05) is 41.0 Å². The largest absolute Gasteiger partial charge is 0.390 e. The lowest BCUT2D eigenvalue weighted by molar-refractivity contribution is -0.318. The molecule has 0 saturated carbocycles. The molecule has 5 N–H and O–H groups in total. The van der Waals surface area contributed by atoms with Gasteiger partial charge in [-0.3, -0.25) is 4.79 Å². The van der Waals surface area contributed by atoms with Gasteiger partial charge in [-0.25, -0.2) is 0 Å². The lowest BCUT2D eigenvalue weighted by atomic mass is 9.75. The number of hydrogen-bond donors (Lipinski definition) is 5. The third-order valence-corrected chi connectivity index (χ3v) is 12.8. The van der Waals surface area contributed by atoms with Gasteiger partial charge in [-0.2, -0.15) is 0 Å². The van der Waals surface area contributed by atoms with E-state index in [0.717, 1.165) is 0 Å². The molecule has 4 fully saturated rings. The molecule has 0 aromatic carbocycles. The Morgan fingerprint density at radius 1 is 0.941 bits per heavy atom. The maximum Gasteiger partial charge on any atom is 0.225 e. The van der Waals surface area contributed by atoms with Crippen molar-refractivity contribution >= 4 is 5.91 Å². The molecule has 19 atom stereocenters. The molecule has 0 radical (unpaired) electrons. The van der Waals surface area contributed by atoms with Gasteiger partial charge in [-0.15, -0.1) is 0 Å². The second-order valence-corrected chi connectivity index (χ2v) is 17.3. The van der Waals surface area contributed by atoms with Crippen LogP contribution in [0.2, 0.25) is 0 Å². The molecule has 4 aliphatic rings. The summed E-state index contributed by atoms with van der Waals surface area (Å²) in [6.45, 7) is 18.8. The number of nitrogens with zero attached hydrogens (tertiary/aromatic N) is 1. The van der Waals surface area contributed by atoms with Gasteiger partial charge >= 0.3 is 0 Å². The molecular weight excluding hydrogens is 660 g/mol. The summed E-state index contributed by atoms with van der Waals surface area (Å²) in [4.78, 5) is 16.3. The highest BCUT2D eigenvalue weighted by Crippen LogP contribution is 2.47. The zero-order chi connectivity index (χ0) is 38.4. The molecule has 2 bridgehead atoms. The summed E-state index contributed by atoms with van der Waals surface area (Å²) >= 11 is 0. The fraction of sp³-hybridized carbons (Fsp3) is 0.974. The number of hydrogen-bond acceptors (Lipinski definition) is 12. The van der Waals surface area contributed by atoms with Crippen LogP contribution in [0, 0.1) is 23.7 Å². The third-order valence-electron chi connectivity index (χ3n) is 12.8. The number of nitrogens with one attached hydrogen (secondary N) is 1. The average molecular weight is 731 g/mol. The fourth-order valence-electron chi connectivity index (χ4n) is 9.47. The van der Waals surface area contributed by atoms with Crippen molar-refractivity contribution in [3.8, 4) is 0 Å². The van der Waals surface area contributed by atoms with Gasteiger partial charge in [0.15, 0.2) is 12.6 Å². The minimum Gasteiger partial charge on any atom is -0.390 e. The molecule has 0 aromatic heterocycles. The van der Waals surface area contributed by atoms with E-state index in [4.69, 9.17) is 28.4 Å². The first-order valence-corrected chi connectivity index (χ1v) is 19.2. The second kappa shape index (κ2) is 16.4. The van der Waals surface area contributed by atoms with Gasteiger partial charge in [0.1, 0.15) is 17.8 Å². The molecule has 4 rings (SSSR count). The molecule has 0 aromatic rings. The van der Waals surface area contributed by atoms with Gasteiger partial charge in [0.2, 0.25) is 5.91 Å². The Morgan fingerprint density at radius 2 is 1.59 bits per heavy atom. The normalized spacial score (nSPS) is 51.8. The Balaban J connectivity index is 1.84. The van der Waals surface area contributed by atoms with E-state index in [9.17, 15) is 25.2 Å². The molecule has 13 heteroatoms. The van der Waals surface area contributed by atoms with Crippen LogP contribution in [-0.4, -0.2) is 143 Å². The summed E-state index contributed by atoms with van der Waals surface area (Å²) in [5.41, 5.74) is -3.62. The van der Waals surface area contributed by atoms with E-state index in [1.165, 1.54) is 0 Å². The first kappa shape index (κ1) is 42.8. The predicted molar refractivity (Wildman–Crippen MR) is 191 cm³/mol. The first-order chi connectivity index (χ1) is 23.6. The summed E-state index contributed by atoms with van der Waals surface area (Å²) in [5, 5.41) is 49.4. The van der Waals surface area contributed by atoms with Crippen LogP contribution in [0.4, 0.5) is 0 Å². The smallest absolute Gasteiger partial charge is 0.225 e. The fourth-order valence-corrected chi connectivity index (χ4v) is 9.47. The summed E-state index contributed by atoms with van der Waals surface area (Å²) in [7, 11) is 5.39. The van der Waals surface area contributed by atoms with E-state index < -0.39 is 95.9 Å². The third kappa shape index (κ3) is 8.64. The molecule has 51 heavy (non-hydrogen) atoms. The number of carbonyl (C=O) groups excluding carboxylic acids is 1. The average Bonchev–Trinajstić information content (AvgIpc) is 3.38. The summed E-state index contributed by atoms with van der Waals surface area (Å²) < 4.78 is 39.0. The van der Waals surface area contributed by atoms with Crippen LogP contribution in [0.3, 0.4) is 0 Å². The van der Waals surface area contributed by atoms with Crippen LogP contribution in [0.5, 0.6) is 0 Å². The van der Waals surface area contributed by atoms with Crippen molar-refractivity contribution < 1.29 is 53.6 Å². The van der Waals surface area contributed by atoms with E-state index in [1.54, 1.807) is 27.9 Å². The molecule has 4 saturated heterocycles. The standard InChI is InChI=1S/C38H70N2O11/c1-14-15-26-38(10,45)31(42)21(4)29-19(2)17-37(9,51-29)33(50-35-28(41)25(40(11)12)16-20(3)47-35)22(5)30(23(6)34(44)39-26)49-27-18-36(8,46-13)32(43)24(7)48-27/h19-33,35,41-43,45H,14-18H2,1-13H3,(H,39,44)/t19?,20-,21+,22+,23-,24+,25+,26?,27?,28-,29?,30+,31-,32?,33-,35?,36-,37-,38-/m1/s1. The molecule has 1 amide bonds. The van der Waals surface area contributed by atoms with E-state index in [0.29, 0.717) is 25.7 Å². The van der Waals surface area contributed by atoms with Crippen molar-refractivity contribution in [2.24, 2.45) is 23.7 Å². The lowest BCUT2D eigenvalue weighted by Crippen LogP contribution is -2.62. The zero-order valence-corrected chi connectivity index (χ0v) is 33.4. The molecule has 4 heterocycles. The van der Waals surface area contributed by atoms with Crippen LogP contribution >= 0.6 is 0 Å². The van der Waals surface area contributed by atoms with Crippen molar-refractivity contribution in [2.45, 2.75) is 192 Å². The summed E-state index contributed by atoms with van der Waals surface area (Å²) in [6.07, 6.45) is -5.33. The van der Waals surface area contributed by atoms with Crippen molar-refractivity contribution in [3.05, 3.63) is 0 Å². The molecule has 13 nitrogen and oxygen atoms in total. The van der Waals surface area contributed by atoms with Gasteiger partial charge in [0, 0.05) is 31.4 Å². The minimum absolute atomic E-state index is 0.0373. The highest BCUT2D eigenvalue weighted by molar-refractivity contribution is 5.79. The first-order valence-electron chi connectivity index (χ1n) is 19.2. The maximum absolute atomic E-state index is 14.3. The number of aliphatic hydroxyl groups is 4. The molecule has 0 aliphatic carbocycles. The van der Waals surface area contributed by atoms with E-state index >= 15 is 0 Å². The number of rotatable bonds is 8. The van der Waals surface area contributed by atoms with Crippen molar-refractivity contribution in [3.63, 3.8) is 0 Å². The number of methoxy groups -OCH3 is 1. The van der Waals surface area contributed by atoms with E-state index in [1.807, 2.05) is 60.5 Å². The molecule has 298 valence electrons. The zero-order valence-electron chi connectivity index (χ0n) is 33.4. The monoisotopic (exact) mass is 730 g/mol. The maximum atomic E-state index is 14.3. The van der Waals surface area contributed by atoms with Crippen LogP contribution in [-0.2, 0) is 33.2 Å². The summed E-state index contributed by atoms with van der Waals surface area (Å²) in [6, 6.07) is -0.970. The number of fused-ring (bicyclic) bond motifs is 2. The number of amides is 1. The highest BCUT2D eigenvalue weighted by Gasteiger charge is 2.57. The van der Waals surface area contributed by atoms with Crippen LogP contribution < -0.4 is 5.32 Å². The Labute approximate surface area is 306 Å². The number of aliphatic hydroxyl groups excluding tert-OH is 3. The van der Waals surface area contributed by atoms with Crippen molar-refractivity contribution in [2.75, 3.05) is 21.2 Å². The van der Waals surface area contributed by atoms with Gasteiger partial charge in [-0.05, 0) is 73.9 Å². The Morgan fingerprint density at radius 3 is 2.18 bits per heavy atom.